The van der Waals surface area contributed by atoms with E-state index in [0.29, 0.717) is 4.88 Å². The zero-order chi connectivity index (χ0) is 13.8. The third kappa shape index (κ3) is 3.54. The van der Waals surface area contributed by atoms with Gasteiger partial charge in [0.15, 0.2) is 6.61 Å². The molecule has 0 aliphatic heterocycles. The first kappa shape index (κ1) is 13.5. The lowest BCUT2D eigenvalue weighted by Gasteiger charge is -2.08. The van der Waals surface area contributed by atoms with Crippen LogP contribution in [0.1, 0.15) is 23.5 Å². The molecule has 0 bridgehead atoms. The van der Waals surface area contributed by atoms with Gasteiger partial charge in [-0.15, -0.1) is 11.3 Å². The molecule has 1 heterocycles. The summed E-state index contributed by atoms with van der Waals surface area (Å²) in [5.41, 5.74) is 0. The Bertz CT molecular complexity index is 571. The van der Waals surface area contributed by atoms with Gasteiger partial charge in [-0.3, -0.25) is 4.79 Å². The van der Waals surface area contributed by atoms with Crippen molar-refractivity contribution in [2.24, 2.45) is 0 Å². The van der Waals surface area contributed by atoms with E-state index in [4.69, 9.17) is 4.74 Å². The Hall–Kier alpha value is -1.88. The predicted octanol–water partition coefficient (Wildman–Crippen LogP) is 2.58. The van der Waals surface area contributed by atoms with Crippen molar-refractivity contribution in [1.82, 2.24) is 5.32 Å². The molecule has 2 rings (SSSR count). The molecular weight excluding hydrogens is 262 g/mol. The van der Waals surface area contributed by atoms with Crippen LogP contribution in [-0.4, -0.2) is 24.5 Å². The molecule has 1 amide bonds. The van der Waals surface area contributed by atoms with Crippen molar-refractivity contribution in [3.63, 3.8) is 0 Å². The average Bonchev–Trinajstić information content (AvgIpc) is 2.78. The number of nitrogens with one attached hydrogen (secondary N) is 1. The fourth-order valence-electron chi connectivity index (χ4n) is 1.65. The Labute approximate surface area is 115 Å². The van der Waals surface area contributed by atoms with Crippen molar-refractivity contribution in [2.75, 3.05) is 6.61 Å². The minimum atomic E-state index is -0.458. The standard InChI is InChI=1S/C14H15NO3S/c1-9(2)15-13(16)8-18-14(17)12-7-10-5-3-4-6-11(10)19-12/h3-7,9H,8H2,1-2H3,(H,15,16). The van der Waals surface area contributed by atoms with Crippen molar-refractivity contribution in [3.8, 4) is 0 Å². The molecule has 2 aromatic rings. The van der Waals surface area contributed by atoms with Crippen LogP contribution in [0.25, 0.3) is 10.1 Å². The maximum Gasteiger partial charge on any atom is 0.348 e. The van der Waals surface area contributed by atoms with Gasteiger partial charge in [0.05, 0.1) is 0 Å². The molecule has 0 fully saturated rings. The third-order valence-corrected chi connectivity index (χ3v) is 3.51. The normalized spacial score (nSPS) is 10.7. The number of ether oxygens (including phenoxy) is 1. The lowest BCUT2D eigenvalue weighted by Crippen LogP contribution is -2.33. The van der Waals surface area contributed by atoms with Crippen LogP contribution in [0.5, 0.6) is 0 Å². The Balaban J connectivity index is 1.98. The smallest absolute Gasteiger partial charge is 0.348 e. The first-order valence-electron chi connectivity index (χ1n) is 6.01. The van der Waals surface area contributed by atoms with Crippen LogP contribution in [0.2, 0.25) is 0 Å². The van der Waals surface area contributed by atoms with E-state index >= 15 is 0 Å². The second-order valence-electron chi connectivity index (χ2n) is 4.45. The molecule has 4 nitrogen and oxygen atoms in total. The van der Waals surface area contributed by atoms with Gasteiger partial charge in [-0.05, 0) is 31.4 Å². The molecule has 0 unspecified atom stereocenters. The van der Waals surface area contributed by atoms with Crippen LogP contribution in [0.4, 0.5) is 0 Å². The largest absolute Gasteiger partial charge is 0.451 e. The highest BCUT2D eigenvalue weighted by Gasteiger charge is 2.13. The van der Waals surface area contributed by atoms with Gasteiger partial charge in [0.25, 0.3) is 5.91 Å². The minimum absolute atomic E-state index is 0.0375. The molecule has 1 N–H and O–H groups in total. The van der Waals surface area contributed by atoms with Crippen molar-refractivity contribution in [1.29, 1.82) is 0 Å². The Morgan fingerprint density at radius 3 is 2.74 bits per heavy atom. The minimum Gasteiger partial charge on any atom is -0.451 e. The summed E-state index contributed by atoms with van der Waals surface area (Å²) in [6.45, 7) is 3.46. The van der Waals surface area contributed by atoms with E-state index in [0.717, 1.165) is 10.1 Å². The van der Waals surface area contributed by atoms with Crippen molar-refractivity contribution in [3.05, 3.63) is 35.2 Å². The SMILES string of the molecule is CC(C)NC(=O)COC(=O)c1cc2ccccc2s1. The Morgan fingerprint density at radius 2 is 2.05 bits per heavy atom. The van der Waals surface area contributed by atoms with Gasteiger partial charge in [-0.1, -0.05) is 18.2 Å². The number of carbonyl (C=O) groups is 2. The molecule has 1 aromatic heterocycles. The second kappa shape index (κ2) is 5.84. The maximum absolute atomic E-state index is 11.8. The molecule has 0 atom stereocenters. The van der Waals surface area contributed by atoms with E-state index < -0.39 is 5.97 Å². The van der Waals surface area contributed by atoms with E-state index in [9.17, 15) is 9.59 Å². The van der Waals surface area contributed by atoms with Gasteiger partial charge in [0.2, 0.25) is 0 Å². The van der Waals surface area contributed by atoms with Crippen LogP contribution < -0.4 is 5.32 Å². The lowest BCUT2D eigenvalue weighted by molar-refractivity contribution is -0.124. The van der Waals surface area contributed by atoms with Crippen LogP contribution >= 0.6 is 11.3 Å². The van der Waals surface area contributed by atoms with Gasteiger partial charge in [0.1, 0.15) is 4.88 Å². The highest BCUT2D eigenvalue weighted by atomic mass is 32.1. The van der Waals surface area contributed by atoms with Crippen LogP contribution in [0.15, 0.2) is 30.3 Å². The summed E-state index contributed by atoms with van der Waals surface area (Å²) in [4.78, 5) is 23.7. The highest BCUT2D eigenvalue weighted by molar-refractivity contribution is 7.20. The van der Waals surface area contributed by atoms with E-state index in [1.54, 1.807) is 6.07 Å². The van der Waals surface area contributed by atoms with Crippen LogP contribution in [0, 0.1) is 0 Å². The third-order valence-electron chi connectivity index (χ3n) is 2.41. The van der Waals surface area contributed by atoms with E-state index in [1.807, 2.05) is 38.1 Å². The van der Waals surface area contributed by atoms with Gasteiger partial charge in [-0.2, -0.15) is 0 Å². The molecule has 19 heavy (non-hydrogen) atoms. The zero-order valence-electron chi connectivity index (χ0n) is 10.8. The van der Waals surface area contributed by atoms with Gasteiger partial charge in [-0.25, -0.2) is 4.79 Å². The van der Waals surface area contributed by atoms with Crippen molar-refractivity contribution < 1.29 is 14.3 Å². The number of rotatable bonds is 4. The van der Waals surface area contributed by atoms with Gasteiger partial charge < -0.3 is 10.1 Å². The first-order chi connectivity index (χ1) is 9.06. The highest BCUT2D eigenvalue weighted by Crippen LogP contribution is 2.25. The number of carbonyl (C=O) groups excluding carboxylic acids is 2. The number of fused-ring (bicyclic) bond motifs is 1. The molecule has 0 saturated heterocycles. The molecule has 5 heteroatoms. The molecule has 0 saturated carbocycles. The molecule has 0 radical (unpaired) electrons. The van der Waals surface area contributed by atoms with Gasteiger partial charge >= 0.3 is 5.97 Å². The molecule has 100 valence electrons. The molecule has 1 aromatic carbocycles. The molecule has 0 aliphatic rings. The number of esters is 1. The second-order valence-corrected chi connectivity index (χ2v) is 5.53. The summed E-state index contributed by atoms with van der Waals surface area (Å²) in [6.07, 6.45) is 0. The number of amides is 1. The quantitative estimate of drug-likeness (QED) is 0.874. The Kier molecular flexibility index (Phi) is 4.16. The van der Waals surface area contributed by atoms with Crippen LogP contribution in [-0.2, 0) is 9.53 Å². The average molecular weight is 277 g/mol. The first-order valence-corrected chi connectivity index (χ1v) is 6.83. The van der Waals surface area contributed by atoms with Crippen LogP contribution in [0.3, 0.4) is 0 Å². The molecular formula is C14H15NO3S. The summed E-state index contributed by atoms with van der Waals surface area (Å²) < 4.78 is 6.01. The summed E-state index contributed by atoms with van der Waals surface area (Å²) in [7, 11) is 0. The summed E-state index contributed by atoms with van der Waals surface area (Å²) in [5.74, 6) is -0.746. The predicted molar refractivity (Wildman–Crippen MR) is 75.4 cm³/mol. The molecule has 0 aliphatic carbocycles. The number of hydrogen-bond donors (Lipinski definition) is 1. The number of thiophene rings is 1. The zero-order valence-corrected chi connectivity index (χ0v) is 11.6. The summed E-state index contributed by atoms with van der Waals surface area (Å²) in [6, 6.07) is 9.54. The Morgan fingerprint density at radius 1 is 1.32 bits per heavy atom. The fraction of sp³-hybridized carbons (Fsp3) is 0.286. The van der Waals surface area contributed by atoms with E-state index in [2.05, 4.69) is 5.32 Å². The van der Waals surface area contributed by atoms with E-state index in [-0.39, 0.29) is 18.6 Å². The van der Waals surface area contributed by atoms with Crippen molar-refractivity contribution >= 4 is 33.3 Å². The summed E-state index contributed by atoms with van der Waals surface area (Å²) >= 11 is 1.36. The molecule has 0 spiro atoms. The lowest BCUT2D eigenvalue weighted by atomic mass is 10.2. The van der Waals surface area contributed by atoms with Gasteiger partial charge in [0, 0.05) is 10.7 Å². The summed E-state index contributed by atoms with van der Waals surface area (Å²) in [5, 5.41) is 3.67. The van der Waals surface area contributed by atoms with E-state index in [1.165, 1.54) is 11.3 Å². The fourth-order valence-corrected chi connectivity index (χ4v) is 2.60. The maximum atomic E-state index is 11.8. The number of benzene rings is 1. The monoisotopic (exact) mass is 277 g/mol. The topological polar surface area (TPSA) is 55.4 Å². The number of hydrogen-bond acceptors (Lipinski definition) is 4. The van der Waals surface area contributed by atoms with Crippen molar-refractivity contribution in [2.45, 2.75) is 19.9 Å².